The number of benzene rings is 1. The van der Waals surface area contributed by atoms with Crippen LogP contribution in [0.3, 0.4) is 0 Å². The van der Waals surface area contributed by atoms with E-state index in [1.165, 1.54) is 17.8 Å². The smallest absolute Gasteiger partial charge is 0.416 e. The lowest BCUT2D eigenvalue weighted by Crippen LogP contribution is -2.15. The van der Waals surface area contributed by atoms with Gasteiger partial charge in [0, 0.05) is 5.56 Å². The topological polar surface area (TPSA) is 25.2 Å². The number of hydrogen-bond donors (Lipinski definition) is 1. The van der Waals surface area contributed by atoms with Crippen LogP contribution in [0.4, 0.5) is 13.2 Å². The Labute approximate surface area is 144 Å². The lowest BCUT2D eigenvalue weighted by Gasteiger charge is -2.07. The van der Waals surface area contributed by atoms with Gasteiger partial charge >= 0.3 is 6.18 Å². The molecule has 8 heteroatoms. The van der Waals surface area contributed by atoms with Crippen molar-refractivity contribution in [3.63, 3.8) is 0 Å². The first-order valence-corrected chi connectivity index (χ1v) is 7.98. The number of halogens is 3. The fourth-order valence-corrected chi connectivity index (χ4v) is 3.44. The minimum atomic E-state index is -4.39. The average Bonchev–Trinajstić information content (AvgIpc) is 3.06. The fraction of sp³-hybridized carbons (Fsp3) is 0.0667. The van der Waals surface area contributed by atoms with Crippen molar-refractivity contribution in [1.29, 1.82) is 0 Å². The van der Waals surface area contributed by atoms with Crippen LogP contribution in [-0.2, 0) is 6.18 Å². The van der Waals surface area contributed by atoms with Crippen LogP contribution >= 0.6 is 36.2 Å². The van der Waals surface area contributed by atoms with Crippen LogP contribution < -0.4 is 5.32 Å². The third kappa shape index (κ3) is 3.65. The Bertz CT molecular complexity index is 823. The number of thiocarbonyl (C=S) groups is 2. The van der Waals surface area contributed by atoms with Gasteiger partial charge in [-0.3, -0.25) is 0 Å². The second-order valence-electron chi connectivity index (χ2n) is 4.63. The summed E-state index contributed by atoms with van der Waals surface area (Å²) >= 11 is 11.4. The van der Waals surface area contributed by atoms with E-state index in [9.17, 15) is 13.2 Å². The summed E-state index contributed by atoms with van der Waals surface area (Å²) in [6, 6.07) is 8.29. The minimum absolute atomic E-state index is 0.354. The molecule has 1 aliphatic rings. The highest BCUT2D eigenvalue weighted by molar-refractivity contribution is 8.27. The molecule has 2 nitrogen and oxygen atoms in total. The van der Waals surface area contributed by atoms with Gasteiger partial charge in [0.2, 0.25) is 0 Å². The Morgan fingerprint density at radius 2 is 1.91 bits per heavy atom. The van der Waals surface area contributed by atoms with Gasteiger partial charge in [-0.2, -0.15) is 13.2 Å². The maximum atomic E-state index is 12.8. The molecule has 0 radical (unpaired) electrons. The van der Waals surface area contributed by atoms with Crippen LogP contribution in [0, 0.1) is 0 Å². The Morgan fingerprint density at radius 3 is 2.57 bits per heavy atom. The molecule has 0 bridgehead atoms. The molecule has 0 aliphatic carbocycles. The third-order valence-corrected chi connectivity index (χ3v) is 4.65. The lowest BCUT2D eigenvalue weighted by atomic mass is 10.1. The van der Waals surface area contributed by atoms with Crippen LogP contribution in [-0.4, -0.2) is 9.31 Å². The molecule has 2 heterocycles. The Balaban J connectivity index is 1.90. The van der Waals surface area contributed by atoms with E-state index in [0.717, 1.165) is 17.0 Å². The quantitative estimate of drug-likeness (QED) is 0.574. The predicted molar refractivity (Wildman–Crippen MR) is 93.0 cm³/mol. The molecule has 118 valence electrons. The normalized spacial score (nSPS) is 16.9. The fourth-order valence-electron chi connectivity index (χ4n) is 1.98. The van der Waals surface area contributed by atoms with Gasteiger partial charge in [0.05, 0.1) is 10.5 Å². The molecule has 1 fully saturated rings. The largest absolute Gasteiger partial charge is 0.457 e. The predicted octanol–water partition coefficient (Wildman–Crippen LogP) is 5.26. The monoisotopic (exact) mass is 371 g/mol. The molecule has 0 spiro atoms. The second-order valence-corrected chi connectivity index (χ2v) is 6.76. The van der Waals surface area contributed by atoms with Crippen molar-refractivity contribution < 1.29 is 17.6 Å². The molecule has 23 heavy (non-hydrogen) atoms. The second kappa shape index (κ2) is 6.10. The minimum Gasteiger partial charge on any atom is -0.457 e. The van der Waals surface area contributed by atoms with Gasteiger partial charge in [-0.05, 0) is 30.3 Å². The van der Waals surface area contributed by atoms with Crippen molar-refractivity contribution in [2.75, 3.05) is 0 Å². The van der Waals surface area contributed by atoms with Gasteiger partial charge in [0.1, 0.15) is 20.8 Å². The summed E-state index contributed by atoms with van der Waals surface area (Å²) < 4.78 is 44.4. The van der Waals surface area contributed by atoms with Crippen LogP contribution in [0.5, 0.6) is 0 Å². The van der Waals surface area contributed by atoms with Crippen molar-refractivity contribution in [3.05, 3.63) is 52.6 Å². The number of hydrogen-bond acceptors (Lipinski definition) is 4. The zero-order valence-electron chi connectivity index (χ0n) is 11.3. The van der Waals surface area contributed by atoms with E-state index in [2.05, 4.69) is 5.32 Å². The summed E-state index contributed by atoms with van der Waals surface area (Å²) in [6.45, 7) is 0. The van der Waals surface area contributed by atoms with Gasteiger partial charge in [-0.15, -0.1) is 0 Å². The van der Waals surface area contributed by atoms with Gasteiger partial charge < -0.3 is 9.73 Å². The molecule has 2 aromatic rings. The van der Waals surface area contributed by atoms with E-state index in [-0.39, 0.29) is 0 Å². The highest BCUT2D eigenvalue weighted by Gasteiger charge is 2.30. The molecule has 0 amide bonds. The van der Waals surface area contributed by atoms with Crippen molar-refractivity contribution in [2.24, 2.45) is 0 Å². The third-order valence-electron chi connectivity index (χ3n) is 3.02. The Kier molecular flexibility index (Phi) is 4.31. The zero-order chi connectivity index (χ0) is 16.6. The molecular weight excluding hydrogens is 363 g/mol. The van der Waals surface area contributed by atoms with Gasteiger partial charge in [-0.25, -0.2) is 0 Å². The molecule has 1 aromatic heterocycles. The molecule has 3 rings (SSSR count). The summed E-state index contributed by atoms with van der Waals surface area (Å²) in [7, 11) is 0. The summed E-state index contributed by atoms with van der Waals surface area (Å²) in [5.41, 5.74) is -0.354. The van der Waals surface area contributed by atoms with Crippen LogP contribution in [0.15, 0.2) is 45.7 Å². The van der Waals surface area contributed by atoms with Gasteiger partial charge in [0.25, 0.3) is 0 Å². The van der Waals surface area contributed by atoms with E-state index >= 15 is 0 Å². The summed E-state index contributed by atoms with van der Waals surface area (Å²) in [6.07, 6.45) is -2.68. The van der Waals surface area contributed by atoms with Crippen molar-refractivity contribution in [1.82, 2.24) is 5.32 Å². The standard InChI is InChI=1S/C15H8F3NOS3/c16-15(17,18)9-3-1-2-8(6-9)11-5-4-10(20-11)7-12-13(21)19-14(22)23-12/h1-7H,(H,19,21,22)/b12-7-. The van der Waals surface area contributed by atoms with Crippen molar-refractivity contribution >= 4 is 51.6 Å². The SMILES string of the molecule is FC(F)(F)c1cccc(-c2ccc(/C=C3\SC(=S)NC3=S)o2)c1. The molecule has 0 saturated carbocycles. The molecular formula is C15H8F3NOS3. The van der Waals surface area contributed by atoms with E-state index in [1.807, 2.05) is 0 Å². The van der Waals surface area contributed by atoms with Crippen molar-refractivity contribution in [3.8, 4) is 11.3 Å². The number of alkyl halides is 3. The lowest BCUT2D eigenvalue weighted by molar-refractivity contribution is -0.137. The molecule has 1 aromatic carbocycles. The molecule has 1 N–H and O–H groups in total. The highest BCUT2D eigenvalue weighted by atomic mass is 32.2. The van der Waals surface area contributed by atoms with Crippen LogP contribution in [0.1, 0.15) is 11.3 Å². The van der Waals surface area contributed by atoms with Crippen LogP contribution in [0.2, 0.25) is 0 Å². The first-order valence-electron chi connectivity index (χ1n) is 6.35. The highest BCUT2D eigenvalue weighted by Crippen LogP contribution is 2.33. The first kappa shape index (κ1) is 16.2. The maximum Gasteiger partial charge on any atom is 0.416 e. The Hall–Kier alpha value is -1.64. The number of thioether (sulfide) groups is 1. The Morgan fingerprint density at radius 1 is 1.13 bits per heavy atom. The molecule has 1 aliphatic heterocycles. The summed E-state index contributed by atoms with van der Waals surface area (Å²) in [5, 5.41) is 2.84. The van der Waals surface area contributed by atoms with E-state index in [4.69, 9.17) is 28.9 Å². The average molecular weight is 371 g/mol. The number of rotatable bonds is 2. The van der Waals surface area contributed by atoms with E-state index < -0.39 is 11.7 Å². The summed E-state index contributed by atoms with van der Waals surface area (Å²) in [5.74, 6) is 0.848. The number of nitrogens with one attached hydrogen (secondary N) is 1. The summed E-state index contributed by atoms with van der Waals surface area (Å²) in [4.78, 5) is 1.26. The van der Waals surface area contributed by atoms with Gasteiger partial charge in [-0.1, -0.05) is 48.3 Å². The maximum absolute atomic E-state index is 12.8. The molecule has 0 unspecified atom stereocenters. The van der Waals surface area contributed by atoms with Crippen molar-refractivity contribution in [2.45, 2.75) is 6.18 Å². The van der Waals surface area contributed by atoms with Crippen LogP contribution in [0.25, 0.3) is 17.4 Å². The zero-order valence-corrected chi connectivity index (χ0v) is 13.8. The molecule has 0 atom stereocenters. The number of furan rings is 1. The van der Waals surface area contributed by atoms with E-state index in [0.29, 0.717) is 26.4 Å². The van der Waals surface area contributed by atoms with Gasteiger partial charge in [0.15, 0.2) is 0 Å². The molecule has 1 saturated heterocycles. The van der Waals surface area contributed by atoms with E-state index in [1.54, 1.807) is 24.3 Å². The first-order chi connectivity index (χ1) is 10.8.